The lowest BCUT2D eigenvalue weighted by Gasteiger charge is -2.18. The monoisotopic (exact) mass is 506 g/mol. The molecule has 2 aliphatic carbocycles. The first-order valence-corrected chi connectivity index (χ1v) is 12.5. The van der Waals surface area contributed by atoms with Gasteiger partial charge in [0.1, 0.15) is 11.4 Å². The standard InChI is InChI=1S/C28H23FN8O/c1-28(29)6-4-15(5-7-28)20-12-31-13-23-24(20)35-26(34-23)25-19-9-21(32-14-22(19)36-37-25)17-8-18(11-30-10-17)33-27(38)16-2-3-16/h4-6,8-14,16H,2-3,7H2,1H3,(H,33,38)(H,34,35)(H,36,37). The summed E-state index contributed by atoms with van der Waals surface area (Å²) in [6.07, 6.45) is 15.9. The molecule has 3 N–H and O–H groups in total. The lowest BCUT2D eigenvalue weighted by Crippen LogP contribution is -2.15. The third-order valence-electron chi connectivity index (χ3n) is 6.96. The number of fused-ring (bicyclic) bond motifs is 2. The fourth-order valence-corrected chi connectivity index (χ4v) is 4.66. The van der Waals surface area contributed by atoms with Crippen molar-refractivity contribution < 1.29 is 9.18 Å². The Balaban J connectivity index is 1.26. The zero-order valence-electron chi connectivity index (χ0n) is 20.5. The summed E-state index contributed by atoms with van der Waals surface area (Å²) in [6, 6.07) is 3.80. The van der Waals surface area contributed by atoms with E-state index in [9.17, 15) is 9.18 Å². The minimum absolute atomic E-state index is 0.0291. The van der Waals surface area contributed by atoms with Crippen LogP contribution in [0.3, 0.4) is 0 Å². The number of amides is 1. The number of imidazole rings is 1. The average molecular weight is 507 g/mol. The molecule has 0 bridgehead atoms. The van der Waals surface area contributed by atoms with Gasteiger partial charge in [0.15, 0.2) is 5.82 Å². The molecule has 0 radical (unpaired) electrons. The van der Waals surface area contributed by atoms with Crippen molar-refractivity contribution in [1.29, 1.82) is 0 Å². The largest absolute Gasteiger partial charge is 0.335 e. The van der Waals surface area contributed by atoms with Gasteiger partial charge >= 0.3 is 0 Å². The van der Waals surface area contributed by atoms with E-state index in [0.717, 1.165) is 51.5 Å². The number of carbonyl (C=O) groups is 1. The molecular weight excluding hydrogens is 483 g/mol. The van der Waals surface area contributed by atoms with Crippen molar-refractivity contribution in [2.75, 3.05) is 5.32 Å². The predicted octanol–water partition coefficient (Wildman–Crippen LogP) is 5.38. The maximum Gasteiger partial charge on any atom is 0.227 e. The van der Waals surface area contributed by atoms with Crippen molar-refractivity contribution in [1.82, 2.24) is 35.1 Å². The van der Waals surface area contributed by atoms with Gasteiger partial charge in [0.05, 0.1) is 46.5 Å². The van der Waals surface area contributed by atoms with Crippen LogP contribution in [0.5, 0.6) is 0 Å². The lowest BCUT2D eigenvalue weighted by atomic mass is 9.92. The van der Waals surface area contributed by atoms with E-state index in [1.54, 1.807) is 50.1 Å². The second kappa shape index (κ2) is 8.41. The molecule has 1 saturated carbocycles. The molecule has 0 aliphatic heterocycles. The summed E-state index contributed by atoms with van der Waals surface area (Å²) < 4.78 is 14.3. The highest BCUT2D eigenvalue weighted by atomic mass is 19.1. The predicted molar refractivity (Wildman–Crippen MR) is 143 cm³/mol. The number of pyridine rings is 3. The Morgan fingerprint density at radius 3 is 2.79 bits per heavy atom. The highest BCUT2D eigenvalue weighted by Gasteiger charge is 2.29. The SMILES string of the molecule is CC1(F)C=CC(c2cncc3[nH]c(-c4n[nH]c5cnc(-c6cncc(NC(=O)C7CC7)c6)cc45)nc23)=CC1. The minimum atomic E-state index is -1.35. The number of alkyl halides is 1. The topological polar surface area (TPSA) is 125 Å². The van der Waals surface area contributed by atoms with Crippen LogP contribution < -0.4 is 5.32 Å². The third kappa shape index (κ3) is 4.03. The molecule has 7 rings (SSSR count). The summed E-state index contributed by atoms with van der Waals surface area (Å²) in [7, 11) is 0. The van der Waals surface area contributed by atoms with E-state index in [1.165, 1.54) is 0 Å². The maximum atomic E-state index is 14.3. The summed E-state index contributed by atoms with van der Waals surface area (Å²) in [6.45, 7) is 1.56. The first-order valence-electron chi connectivity index (χ1n) is 12.5. The molecule has 9 nitrogen and oxygen atoms in total. The highest BCUT2D eigenvalue weighted by Crippen LogP contribution is 2.34. The molecule has 10 heteroatoms. The Bertz CT molecular complexity index is 1790. The van der Waals surface area contributed by atoms with Crippen LogP contribution in [0.4, 0.5) is 10.1 Å². The second-order valence-electron chi connectivity index (χ2n) is 10.1. The molecule has 188 valence electrons. The van der Waals surface area contributed by atoms with Crippen molar-refractivity contribution in [2.45, 2.75) is 31.9 Å². The molecule has 38 heavy (non-hydrogen) atoms. The van der Waals surface area contributed by atoms with E-state index in [1.807, 2.05) is 18.2 Å². The van der Waals surface area contributed by atoms with Gasteiger partial charge in [-0.05, 0) is 43.5 Å². The molecule has 1 amide bonds. The normalized spacial score (nSPS) is 19.2. The number of carbonyl (C=O) groups excluding carboxylic acids is 1. The number of aromatic amines is 2. The van der Waals surface area contributed by atoms with Crippen LogP contribution in [0, 0.1) is 5.92 Å². The van der Waals surface area contributed by atoms with Gasteiger partial charge < -0.3 is 10.3 Å². The van der Waals surface area contributed by atoms with E-state index in [0.29, 0.717) is 29.3 Å². The molecular formula is C28H23FN8O. The molecule has 5 aromatic heterocycles. The molecule has 5 heterocycles. The summed E-state index contributed by atoms with van der Waals surface area (Å²) in [5.41, 5.74) is 5.38. The van der Waals surface area contributed by atoms with Crippen molar-refractivity contribution in [2.24, 2.45) is 5.92 Å². The van der Waals surface area contributed by atoms with Gasteiger partial charge in [-0.1, -0.05) is 12.2 Å². The molecule has 5 aromatic rings. The second-order valence-corrected chi connectivity index (χ2v) is 10.1. The molecule has 1 atom stereocenters. The molecule has 2 aliphatic rings. The zero-order chi connectivity index (χ0) is 25.9. The Labute approximate surface area is 216 Å². The van der Waals surface area contributed by atoms with Gasteiger partial charge in [-0.3, -0.25) is 24.8 Å². The quantitative estimate of drug-likeness (QED) is 0.294. The number of nitrogens with zero attached hydrogens (tertiary/aromatic N) is 5. The van der Waals surface area contributed by atoms with E-state index < -0.39 is 5.67 Å². The van der Waals surface area contributed by atoms with Crippen molar-refractivity contribution in [3.63, 3.8) is 0 Å². The van der Waals surface area contributed by atoms with Gasteiger partial charge in [-0.2, -0.15) is 5.10 Å². The Hall–Kier alpha value is -4.73. The molecule has 0 saturated heterocycles. The number of rotatable bonds is 5. The van der Waals surface area contributed by atoms with Crippen LogP contribution in [-0.4, -0.2) is 46.7 Å². The van der Waals surface area contributed by atoms with E-state index >= 15 is 0 Å². The first-order chi connectivity index (χ1) is 18.4. The summed E-state index contributed by atoms with van der Waals surface area (Å²) in [4.78, 5) is 33.6. The fourth-order valence-electron chi connectivity index (χ4n) is 4.66. The number of hydrogen-bond donors (Lipinski definition) is 3. The fraction of sp³-hybridized carbons (Fsp3) is 0.214. The third-order valence-corrected chi connectivity index (χ3v) is 6.96. The average Bonchev–Trinajstić information content (AvgIpc) is 3.55. The van der Waals surface area contributed by atoms with Gasteiger partial charge in [0.25, 0.3) is 0 Å². The number of halogens is 1. The van der Waals surface area contributed by atoms with Crippen LogP contribution in [-0.2, 0) is 4.79 Å². The maximum absolute atomic E-state index is 14.3. The molecule has 1 fully saturated rings. The van der Waals surface area contributed by atoms with Crippen LogP contribution >= 0.6 is 0 Å². The van der Waals surface area contributed by atoms with Gasteiger partial charge in [-0.15, -0.1) is 0 Å². The van der Waals surface area contributed by atoms with Crippen LogP contribution in [0.2, 0.25) is 0 Å². The Morgan fingerprint density at radius 2 is 1.97 bits per heavy atom. The molecule has 1 unspecified atom stereocenters. The number of hydrogen-bond acceptors (Lipinski definition) is 6. The van der Waals surface area contributed by atoms with Crippen molar-refractivity contribution >= 4 is 39.1 Å². The van der Waals surface area contributed by atoms with Gasteiger partial charge in [-0.25, -0.2) is 9.37 Å². The summed E-state index contributed by atoms with van der Waals surface area (Å²) in [5, 5.41) is 11.3. The Morgan fingerprint density at radius 1 is 1.11 bits per heavy atom. The Kier molecular flexibility index (Phi) is 4.97. The molecule has 0 spiro atoms. The van der Waals surface area contributed by atoms with Crippen LogP contribution in [0.25, 0.3) is 50.3 Å². The van der Waals surface area contributed by atoms with Gasteiger partial charge in [0, 0.05) is 41.2 Å². The van der Waals surface area contributed by atoms with Crippen LogP contribution in [0.1, 0.15) is 31.7 Å². The number of aromatic nitrogens is 7. The van der Waals surface area contributed by atoms with E-state index in [4.69, 9.17) is 4.98 Å². The molecule has 0 aromatic carbocycles. The lowest BCUT2D eigenvalue weighted by molar-refractivity contribution is -0.117. The zero-order valence-corrected chi connectivity index (χ0v) is 20.5. The smallest absolute Gasteiger partial charge is 0.227 e. The first kappa shape index (κ1) is 22.5. The summed E-state index contributed by atoms with van der Waals surface area (Å²) >= 11 is 0. The van der Waals surface area contributed by atoms with E-state index in [2.05, 4.69) is 35.5 Å². The van der Waals surface area contributed by atoms with E-state index in [-0.39, 0.29) is 11.8 Å². The number of nitrogens with one attached hydrogen (secondary N) is 3. The highest BCUT2D eigenvalue weighted by molar-refractivity contribution is 5.98. The van der Waals surface area contributed by atoms with Crippen molar-refractivity contribution in [3.05, 3.63) is 66.9 Å². The number of H-pyrrole nitrogens is 2. The minimum Gasteiger partial charge on any atom is -0.335 e. The van der Waals surface area contributed by atoms with Crippen LogP contribution in [0.15, 0.2) is 61.3 Å². The van der Waals surface area contributed by atoms with Gasteiger partial charge in [0.2, 0.25) is 5.91 Å². The summed E-state index contributed by atoms with van der Waals surface area (Å²) in [5.74, 6) is 0.717. The number of allylic oxidation sites excluding steroid dienone is 4. The number of anilines is 1. The van der Waals surface area contributed by atoms with Crippen molar-refractivity contribution in [3.8, 4) is 22.8 Å².